The van der Waals surface area contributed by atoms with E-state index in [0.717, 1.165) is 11.3 Å². The van der Waals surface area contributed by atoms with Gasteiger partial charge in [0.2, 0.25) is 5.91 Å². The van der Waals surface area contributed by atoms with Crippen molar-refractivity contribution in [1.82, 2.24) is 15.1 Å². The number of benzene rings is 1. The van der Waals surface area contributed by atoms with Gasteiger partial charge >= 0.3 is 0 Å². The largest absolute Gasteiger partial charge is 0.352 e. The molecule has 0 spiro atoms. The van der Waals surface area contributed by atoms with Crippen molar-refractivity contribution in [3.8, 4) is 5.69 Å². The average molecular weight is 309 g/mol. The molecule has 2 rings (SSSR count). The molecule has 3 N–H and O–H groups in total. The minimum atomic E-state index is 0. The van der Waals surface area contributed by atoms with Gasteiger partial charge in [0.1, 0.15) is 0 Å². The van der Waals surface area contributed by atoms with E-state index in [1.807, 2.05) is 43.5 Å². The van der Waals surface area contributed by atoms with Crippen molar-refractivity contribution in [3.63, 3.8) is 0 Å². The fourth-order valence-corrected chi connectivity index (χ4v) is 1.84. The Morgan fingerprint density at radius 1 is 1.38 bits per heavy atom. The van der Waals surface area contributed by atoms with Gasteiger partial charge in [0.05, 0.1) is 5.69 Å². The maximum absolute atomic E-state index is 11.6. The first-order valence-corrected chi connectivity index (χ1v) is 6.76. The molecular weight excluding hydrogens is 288 g/mol. The van der Waals surface area contributed by atoms with E-state index in [9.17, 15) is 4.79 Å². The number of nitrogens with one attached hydrogen (secondary N) is 1. The number of carbonyl (C=O) groups excluding carboxylic acids is 1. The van der Waals surface area contributed by atoms with Gasteiger partial charge in [-0.2, -0.15) is 5.10 Å². The SMILES string of the molecule is CC(N)CCC(=O)NCc1ccc(-n2cccn2)cc1.Cl. The lowest BCUT2D eigenvalue weighted by Crippen LogP contribution is -2.25. The first-order valence-electron chi connectivity index (χ1n) is 6.76. The summed E-state index contributed by atoms with van der Waals surface area (Å²) in [5, 5.41) is 7.06. The molecular formula is C15H21ClN4O. The van der Waals surface area contributed by atoms with Crippen LogP contribution in [0.15, 0.2) is 42.7 Å². The highest BCUT2D eigenvalue weighted by atomic mass is 35.5. The first-order chi connectivity index (χ1) is 9.65. The average Bonchev–Trinajstić information content (AvgIpc) is 2.97. The smallest absolute Gasteiger partial charge is 0.220 e. The normalized spacial score (nSPS) is 11.5. The van der Waals surface area contributed by atoms with E-state index in [2.05, 4.69) is 10.4 Å². The molecule has 2 aromatic rings. The summed E-state index contributed by atoms with van der Waals surface area (Å²) >= 11 is 0. The second-order valence-electron chi connectivity index (χ2n) is 4.91. The summed E-state index contributed by atoms with van der Waals surface area (Å²) in [5.41, 5.74) is 7.69. The van der Waals surface area contributed by atoms with Crippen LogP contribution in [0.4, 0.5) is 0 Å². The van der Waals surface area contributed by atoms with Crippen LogP contribution < -0.4 is 11.1 Å². The van der Waals surface area contributed by atoms with Gasteiger partial charge in [-0.25, -0.2) is 4.68 Å². The topological polar surface area (TPSA) is 72.9 Å². The predicted molar refractivity (Wildman–Crippen MR) is 85.5 cm³/mol. The van der Waals surface area contributed by atoms with Gasteiger partial charge in [-0.05, 0) is 37.1 Å². The molecule has 0 saturated carbocycles. The predicted octanol–water partition coefficient (Wildman–Crippen LogP) is 2.04. The molecule has 0 aliphatic rings. The molecule has 0 fully saturated rings. The molecule has 1 atom stereocenters. The maximum atomic E-state index is 11.6. The van der Waals surface area contributed by atoms with Crippen LogP contribution in [0.25, 0.3) is 5.69 Å². The fraction of sp³-hybridized carbons (Fsp3) is 0.333. The zero-order chi connectivity index (χ0) is 14.4. The highest BCUT2D eigenvalue weighted by molar-refractivity contribution is 5.85. The molecule has 1 aromatic carbocycles. The van der Waals surface area contributed by atoms with Crippen LogP contribution in [-0.4, -0.2) is 21.7 Å². The highest BCUT2D eigenvalue weighted by Crippen LogP contribution is 2.08. The van der Waals surface area contributed by atoms with Crippen LogP contribution in [0.1, 0.15) is 25.3 Å². The Morgan fingerprint density at radius 3 is 2.67 bits per heavy atom. The lowest BCUT2D eigenvalue weighted by atomic mass is 10.1. The number of nitrogens with zero attached hydrogens (tertiary/aromatic N) is 2. The van der Waals surface area contributed by atoms with Crippen molar-refractivity contribution in [2.45, 2.75) is 32.4 Å². The van der Waals surface area contributed by atoms with Crippen molar-refractivity contribution in [3.05, 3.63) is 48.3 Å². The Morgan fingerprint density at radius 2 is 2.10 bits per heavy atom. The van der Waals surface area contributed by atoms with E-state index in [1.54, 1.807) is 10.9 Å². The third-order valence-corrected chi connectivity index (χ3v) is 3.02. The van der Waals surface area contributed by atoms with Crippen LogP contribution in [0, 0.1) is 0 Å². The zero-order valence-corrected chi connectivity index (χ0v) is 12.8. The van der Waals surface area contributed by atoms with Crippen molar-refractivity contribution < 1.29 is 4.79 Å². The molecule has 0 radical (unpaired) electrons. The van der Waals surface area contributed by atoms with Crippen LogP contribution >= 0.6 is 12.4 Å². The Balaban J connectivity index is 0.00000220. The van der Waals surface area contributed by atoms with Crippen LogP contribution in [-0.2, 0) is 11.3 Å². The van der Waals surface area contributed by atoms with Gasteiger partial charge in [-0.3, -0.25) is 4.79 Å². The Hall–Kier alpha value is -1.85. The van der Waals surface area contributed by atoms with Crippen molar-refractivity contribution in [2.24, 2.45) is 5.73 Å². The summed E-state index contributed by atoms with van der Waals surface area (Å²) < 4.78 is 1.80. The summed E-state index contributed by atoms with van der Waals surface area (Å²) in [6, 6.07) is 9.89. The second kappa shape index (κ2) is 8.44. The molecule has 1 aromatic heterocycles. The van der Waals surface area contributed by atoms with E-state index in [4.69, 9.17) is 5.73 Å². The standard InChI is InChI=1S/C15H20N4O.ClH/c1-12(16)3-8-15(20)17-11-13-4-6-14(7-5-13)19-10-2-9-18-19;/h2,4-7,9-10,12H,3,8,11,16H2,1H3,(H,17,20);1H. The highest BCUT2D eigenvalue weighted by Gasteiger charge is 2.03. The van der Waals surface area contributed by atoms with Crippen LogP contribution in [0.2, 0.25) is 0 Å². The molecule has 0 bridgehead atoms. The van der Waals surface area contributed by atoms with Gasteiger partial charge in [-0.1, -0.05) is 12.1 Å². The maximum Gasteiger partial charge on any atom is 0.220 e. The quantitative estimate of drug-likeness (QED) is 0.857. The number of amides is 1. The second-order valence-corrected chi connectivity index (χ2v) is 4.91. The molecule has 1 unspecified atom stereocenters. The molecule has 21 heavy (non-hydrogen) atoms. The van der Waals surface area contributed by atoms with Gasteiger partial charge in [0.15, 0.2) is 0 Å². The zero-order valence-electron chi connectivity index (χ0n) is 12.0. The van der Waals surface area contributed by atoms with Crippen molar-refractivity contribution in [2.75, 3.05) is 0 Å². The fourth-order valence-electron chi connectivity index (χ4n) is 1.84. The number of carbonyl (C=O) groups is 1. The first kappa shape index (κ1) is 17.2. The van der Waals surface area contributed by atoms with Crippen molar-refractivity contribution in [1.29, 1.82) is 0 Å². The summed E-state index contributed by atoms with van der Waals surface area (Å²) in [6.07, 6.45) is 4.82. The Kier molecular flexibility index (Phi) is 6.91. The van der Waals surface area contributed by atoms with Gasteiger partial charge < -0.3 is 11.1 Å². The lowest BCUT2D eigenvalue weighted by molar-refractivity contribution is -0.121. The Labute approximate surface area is 130 Å². The summed E-state index contributed by atoms with van der Waals surface area (Å²) in [7, 11) is 0. The third-order valence-electron chi connectivity index (χ3n) is 3.02. The minimum absolute atomic E-state index is 0. The molecule has 0 saturated heterocycles. The summed E-state index contributed by atoms with van der Waals surface area (Å²) in [6.45, 7) is 2.44. The molecule has 114 valence electrons. The number of hydrogen-bond acceptors (Lipinski definition) is 3. The van der Waals surface area contributed by atoms with E-state index >= 15 is 0 Å². The monoisotopic (exact) mass is 308 g/mol. The molecule has 6 heteroatoms. The Bertz CT molecular complexity index is 537. The third kappa shape index (κ3) is 5.57. The van der Waals surface area contributed by atoms with Gasteiger partial charge in [-0.15, -0.1) is 12.4 Å². The van der Waals surface area contributed by atoms with E-state index in [0.29, 0.717) is 19.4 Å². The van der Waals surface area contributed by atoms with Crippen LogP contribution in [0.3, 0.4) is 0 Å². The van der Waals surface area contributed by atoms with E-state index in [-0.39, 0.29) is 24.4 Å². The number of halogens is 1. The molecule has 1 heterocycles. The summed E-state index contributed by atoms with van der Waals surface area (Å²) in [5.74, 6) is 0.0402. The number of aromatic nitrogens is 2. The molecule has 0 aliphatic carbocycles. The van der Waals surface area contributed by atoms with E-state index < -0.39 is 0 Å². The van der Waals surface area contributed by atoms with Gasteiger partial charge in [0.25, 0.3) is 0 Å². The van der Waals surface area contributed by atoms with Gasteiger partial charge in [0, 0.05) is 31.4 Å². The molecule has 5 nitrogen and oxygen atoms in total. The summed E-state index contributed by atoms with van der Waals surface area (Å²) in [4.78, 5) is 11.6. The lowest BCUT2D eigenvalue weighted by Gasteiger charge is -2.08. The number of nitrogens with two attached hydrogens (primary N) is 1. The van der Waals surface area contributed by atoms with Crippen LogP contribution in [0.5, 0.6) is 0 Å². The number of hydrogen-bond donors (Lipinski definition) is 2. The number of rotatable bonds is 6. The molecule has 1 amide bonds. The van der Waals surface area contributed by atoms with E-state index in [1.165, 1.54) is 0 Å². The van der Waals surface area contributed by atoms with Crippen molar-refractivity contribution >= 4 is 18.3 Å². The minimum Gasteiger partial charge on any atom is -0.352 e. The molecule has 0 aliphatic heterocycles.